The Morgan fingerprint density at radius 3 is 2.20 bits per heavy atom. The Hall–Kier alpha value is -3.08. The molecule has 0 radical (unpaired) electrons. The van der Waals surface area contributed by atoms with Crippen LogP contribution in [0.4, 0.5) is 0 Å². The van der Waals surface area contributed by atoms with E-state index >= 15 is 0 Å². The maximum atomic E-state index is 13.6. The average molecular weight is 473 g/mol. The van der Waals surface area contributed by atoms with Crippen molar-refractivity contribution in [2.24, 2.45) is 5.92 Å². The van der Waals surface area contributed by atoms with Crippen LogP contribution in [-0.2, 0) is 13.1 Å². The van der Waals surface area contributed by atoms with Gasteiger partial charge in [0.25, 0.3) is 0 Å². The van der Waals surface area contributed by atoms with E-state index in [4.69, 9.17) is 0 Å². The van der Waals surface area contributed by atoms with E-state index in [9.17, 15) is 14.7 Å². The number of rotatable bonds is 7. The van der Waals surface area contributed by atoms with Gasteiger partial charge in [-0.2, -0.15) is 0 Å². The maximum absolute atomic E-state index is 13.6. The molecule has 0 atom stereocenters. The summed E-state index contributed by atoms with van der Waals surface area (Å²) in [7, 11) is 0. The Bertz CT molecular complexity index is 1210. The van der Waals surface area contributed by atoms with Gasteiger partial charge in [-0.3, -0.25) is 9.13 Å². The Labute approximate surface area is 207 Å². The van der Waals surface area contributed by atoms with Gasteiger partial charge in [0.2, 0.25) is 0 Å². The summed E-state index contributed by atoms with van der Waals surface area (Å²) >= 11 is 0. The number of carboxylic acids is 1. The number of nitrogens with zero attached hydrogens (tertiary/aromatic N) is 2. The van der Waals surface area contributed by atoms with Crippen LogP contribution in [0.5, 0.6) is 0 Å². The monoisotopic (exact) mass is 472 g/mol. The van der Waals surface area contributed by atoms with Crippen molar-refractivity contribution < 1.29 is 9.90 Å². The summed E-state index contributed by atoms with van der Waals surface area (Å²) < 4.78 is 4.01. The van der Waals surface area contributed by atoms with E-state index in [0.717, 1.165) is 30.5 Å². The summed E-state index contributed by atoms with van der Waals surface area (Å²) in [5.41, 5.74) is 4.28. The Morgan fingerprint density at radius 2 is 1.51 bits per heavy atom. The van der Waals surface area contributed by atoms with Crippen molar-refractivity contribution in [1.82, 2.24) is 9.13 Å². The van der Waals surface area contributed by atoms with Crippen LogP contribution in [0.3, 0.4) is 0 Å². The van der Waals surface area contributed by atoms with E-state index in [1.165, 1.54) is 57.1 Å². The predicted molar refractivity (Wildman–Crippen MR) is 139 cm³/mol. The van der Waals surface area contributed by atoms with Gasteiger partial charge in [-0.15, -0.1) is 0 Å². The molecule has 0 unspecified atom stereocenters. The smallest absolute Gasteiger partial charge is 0.336 e. The highest BCUT2D eigenvalue weighted by Crippen LogP contribution is 2.33. The zero-order valence-electron chi connectivity index (χ0n) is 20.5. The zero-order chi connectivity index (χ0) is 24.2. The summed E-state index contributed by atoms with van der Waals surface area (Å²) in [6, 6.07) is 15.1. The third-order valence-corrected chi connectivity index (χ3v) is 8.04. The van der Waals surface area contributed by atoms with E-state index in [1.54, 1.807) is 12.1 Å². The van der Waals surface area contributed by atoms with Crippen molar-refractivity contribution in [3.63, 3.8) is 0 Å². The van der Waals surface area contributed by atoms with Crippen LogP contribution in [-0.4, -0.2) is 20.2 Å². The van der Waals surface area contributed by atoms with E-state index in [-0.39, 0.29) is 5.69 Å². The molecule has 35 heavy (non-hydrogen) atoms. The lowest BCUT2D eigenvalue weighted by molar-refractivity contribution is 0.0697. The fraction of sp³-hybridized carbons (Fsp3) is 0.467. The van der Waals surface area contributed by atoms with Gasteiger partial charge in [-0.1, -0.05) is 81.0 Å². The number of aromatic carboxylic acids is 1. The second-order valence-electron chi connectivity index (χ2n) is 10.5. The lowest BCUT2D eigenvalue weighted by Gasteiger charge is -2.22. The molecule has 1 aromatic heterocycles. The first-order valence-electron chi connectivity index (χ1n) is 13.3. The van der Waals surface area contributed by atoms with Gasteiger partial charge in [0, 0.05) is 24.4 Å². The topological polar surface area (TPSA) is 64.2 Å². The Balaban J connectivity index is 1.42. The predicted octanol–water partition coefficient (Wildman–Crippen LogP) is 6.69. The molecule has 5 nitrogen and oxygen atoms in total. The molecular formula is C30H36N2O3. The molecule has 2 fully saturated rings. The number of hydrogen-bond donors (Lipinski definition) is 1. The minimum Gasteiger partial charge on any atom is -0.478 e. The molecule has 2 aliphatic carbocycles. The molecular weight excluding hydrogens is 436 g/mol. The molecule has 3 aromatic rings. The summed E-state index contributed by atoms with van der Waals surface area (Å²) in [4.78, 5) is 25.2. The summed E-state index contributed by atoms with van der Waals surface area (Å²) in [5, 5.41) is 9.54. The number of carboxylic acid groups (broad SMARTS) is 1. The fourth-order valence-corrected chi connectivity index (χ4v) is 6.11. The number of carbonyl (C=O) groups is 1. The molecule has 0 aliphatic heterocycles. The Morgan fingerprint density at radius 1 is 0.857 bits per heavy atom. The van der Waals surface area contributed by atoms with Crippen LogP contribution in [0.25, 0.3) is 11.1 Å². The molecule has 5 heteroatoms. The third-order valence-electron chi connectivity index (χ3n) is 8.04. The molecule has 0 saturated heterocycles. The Kier molecular flexibility index (Phi) is 7.21. The molecule has 2 aromatic carbocycles. The minimum absolute atomic E-state index is 0.122. The largest absolute Gasteiger partial charge is 0.478 e. The van der Waals surface area contributed by atoms with Gasteiger partial charge in [0.1, 0.15) is 0 Å². The molecule has 1 heterocycles. The van der Waals surface area contributed by atoms with Crippen molar-refractivity contribution in [2.45, 2.75) is 83.2 Å². The highest BCUT2D eigenvalue weighted by molar-refractivity contribution is 5.95. The molecule has 2 aliphatic rings. The van der Waals surface area contributed by atoms with Crippen molar-refractivity contribution in [3.05, 3.63) is 82.0 Å². The van der Waals surface area contributed by atoms with Crippen LogP contribution in [0, 0.1) is 5.92 Å². The lowest BCUT2D eigenvalue weighted by atomic mass is 9.87. The molecule has 5 rings (SSSR count). The van der Waals surface area contributed by atoms with Crippen LogP contribution < -0.4 is 5.69 Å². The summed E-state index contributed by atoms with van der Waals surface area (Å²) in [6.45, 7) is 1.40. The number of aromatic nitrogens is 2. The van der Waals surface area contributed by atoms with Crippen molar-refractivity contribution in [3.8, 4) is 11.1 Å². The molecule has 0 spiro atoms. The zero-order valence-corrected chi connectivity index (χ0v) is 20.5. The molecule has 0 bridgehead atoms. The van der Waals surface area contributed by atoms with Gasteiger partial charge < -0.3 is 5.11 Å². The van der Waals surface area contributed by atoms with E-state index in [0.29, 0.717) is 29.5 Å². The highest BCUT2D eigenvalue weighted by atomic mass is 16.4. The SMILES string of the molecule is O=C(O)c1ccccc1-c1ccc(Cn2c(C3CCCCC3)cn(CC3CCCCC3)c2=O)cc1. The number of imidazole rings is 1. The second kappa shape index (κ2) is 10.7. The number of hydrogen-bond acceptors (Lipinski definition) is 2. The fourth-order valence-electron chi connectivity index (χ4n) is 6.11. The molecule has 1 N–H and O–H groups in total. The molecule has 0 amide bonds. The van der Waals surface area contributed by atoms with Crippen molar-refractivity contribution in [1.29, 1.82) is 0 Å². The van der Waals surface area contributed by atoms with Gasteiger partial charge >= 0.3 is 11.7 Å². The average Bonchev–Trinajstić information content (AvgIpc) is 3.20. The summed E-state index contributed by atoms with van der Waals surface area (Å²) in [5.74, 6) is 0.156. The highest BCUT2D eigenvalue weighted by Gasteiger charge is 2.24. The first-order chi connectivity index (χ1) is 17.1. The van der Waals surface area contributed by atoms with Crippen molar-refractivity contribution >= 4 is 5.97 Å². The summed E-state index contributed by atoms with van der Waals surface area (Å²) in [6.07, 6.45) is 14.6. The van der Waals surface area contributed by atoms with Crippen molar-refractivity contribution in [2.75, 3.05) is 0 Å². The van der Waals surface area contributed by atoms with E-state index in [1.807, 2.05) is 45.5 Å². The lowest BCUT2D eigenvalue weighted by Crippen LogP contribution is -2.28. The standard InChI is InChI=1S/C30H36N2O3/c33-29(34)27-14-8-7-13-26(27)24-17-15-23(16-18-24)20-32-28(25-11-5-2-6-12-25)21-31(30(32)35)19-22-9-3-1-4-10-22/h7-8,13-18,21-22,25H,1-6,9-12,19-20H2,(H,33,34). The van der Waals surface area contributed by atoms with Crippen LogP contribution >= 0.6 is 0 Å². The van der Waals surface area contributed by atoms with Gasteiger partial charge in [-0.25, -0.2) is 9.59 Å². The quantitative estimate of drug-likeness (QED) is 0.417. The third kappa shape index (κ3) is 5.29. The van der Waals surface area contributed by atoms with Crippen LogP contribution in [0.1, 0.15) is 91.7 Å². The van der Waals surface area contributed by atoms with Crippen LogP contribution in [0.2, 0.25) is 0 Å². The normalized spacial score (nSPS) is 17.5. The number of benzene rings is 2. The maximum Gasteiger partial charge on any atom is 0.336 e. The van der Waals surface area contributed by atoms with Gasteiger partial charge in [0.05, 0.1) is 12.1 Å². The first kappa shape index (κ1) is 23.7. The molecule has 184 valence electrons. The van der Waals surface area contributed by atoms with E-state index in [2.05, 4.69) is 6.20 Å². The van der Waals surface area contributed by atoms with Gasteiger partial charge in [-0.05, 0) is 54.4 Å². The van der Waals surface area contributed by atoms with E-state index < -0.39 is 5.97 Å². The van der Waals surface area contributed by atoms with Gasteiger partial charge in [0.15, 0.2) is 0 Å². The van der Waals surface area contributed by atoms with Crippen LogP contribution in [0.15, 0.2) is 59.5 Å². The minimum atomic E-state index is -0.923. The molecule has 2 saturated carbocycles. The first-order valence-corrected chi connectivity index (χ1v) is 13.3. The second-order valence-corrected chi connectivity index (χ2v) is 10.5.